The molecule has 0 bridgehead atoms. The summed E-state index contributed by atoms with van der Waals surface area (Å²) in [6.45, 7) is 0.953. The van der Waals surface area contributed by atoms with Crippen molar-refractivity contribution in [3.63, 3.8) is 0 Å². The topological polar surface area (TPSA) is 57.6 Å². The molecular formula is C15H17NO3. The summed E-state index contributed by atoms with van der Waals surface area (Å²) in [5, 5.41) is 8.99. The lowest BCUT2D eigenvalue weighted by molar-refractivity contribution is -0.144. The smallest absolute Gasteiger partial charge is 0.308 e. The number of carboxylic acid groups (broad SMARTS) is 1. The molecule has 1 atom stereocenters. The van der Waals surface area contributed by atoms with Crippen LogP contribution in [-0.4, -0.2) is 35.0 Å². The highest BCUT2D eigenvalue weighted by atomic mass is 16.4. The Labute approximate surface area is 112 Å². The summed E-state index contributed by atoms with van der Waals surface area (Å²) < 4.78 is 0. The number of nitrogens with zero attached hydrogens (tertiary/aromatic N) is 1. The second-order valence-electron chi connectivity index (χ2n) is 4.71. The Hall–Kier alpha value is -2.10. The third kappa shape index (κ3) is 3.68. The number of aliphatic carboxylic acids is 1. The van der Waals surface area contributed by atoms with Crippen molar-refractivity contribution >= 4 is 18.0 Å². The minimum absolute atomic E-state index is 0.116. The van der Waals surface area contributed by atoms with Crippen molar-refractivity contribution in [1.29, 1.82) is 0 Å². The molecule has 1 fully saturated rings. The lowest BCUT2D eigenvalue weighted by atomic mass is 9.98. The average molecular weight is 259 g/mol. The minimum atomic E-state index is -0.815. The van der Waals surface area contributed by atoms with E-state index in [1.165, 1.54) is 6.08 Å². The molecule has 1 saturated heterocycles. The average Bonchev–Trinajstić information content (AvgIpc) is 2.46. The van der Waals surface area contributed by atoms with E-state index in [2.05, 4.69) is 0 Å². The Bertz CT molecular complexity index is 481. The number of carbonyl (C=O) groups excluding carboxylic acids is 1. The Morgan fingerprint density at radius 2 is 2.00 bits per heavy atom. The lowest BCUT2D eigenvalue weighted by Crippen LogP contribution is -2.41. The Morgan fingerprint density at radius 3 is 2.68 bits per heavy atom. The number of piperidine rings is 1. The molecule has 4 nitrogen and oxygen atoms in total. The van der Waals surface area contributed by atoms with Gasteiger partial charge in [0, 0.05) is 19.2 Å². The van der Waals surface area contributed by atoms with Crippen LogP contribution in [0.4, 0.5) is 0 Å². The number of carbonyl (C=O) groups is 2. The normalized spacial score (nSPS) is 19.6. The van der Waals surface area contributed by atoms with Crippen LogP contribution in [-0.2, 0) is 9.59 Å². The van der Waals surface area contributed by atoms with Crippen LogP contribution in [0.2, 0.25) is 0 Å². The van der Waals surface area contributed by atoms with E-state index in [-0.39, 0.29) is 5.91 Å². The maximum Gasteiger partial charge on any atom is 0.308 e. The molecule has 1 amide bonds. The van der Waals surface area contributed by atoms with Crippen molar-refractivity contribution < 1.29 is 14.7 Å². The first-order valence-corrected chi connectivity index (χ1v) is 6.41. The highest BCUT2D eigenvalue weighted by Crippen LogP contribution is 2.17. The maximum atomic E-state index is 12.0. The van der Waals surface area contributed by atoms with Gasteiger partial charge in [0.15, 0.2) is 0 Å². The molecule has 1 aromatic carbocycles. The van der Waals surface area contributed by atoms with Gasteiger partial charge in [-0.15, -0.1) is 0 Å². The van der Waals surface area contributed by atoms with Crippen molar-refractivity contribution in [2.24, 2.45) is 5.92 Å². The minimum Gasteiger partial charge on any atom is -0.481 e. The monoisotopic (exact) mass is 259 g/mol. The fourth-order valence-electron chi connectivity index (χ4n) is 2.22. The predicted molar refractivity (Wildman–Crippen MR) is 72.4 cm³/mol. The first kappa shape index (κ1) is 13.3. The van der Waals surface area contributed by atoms with E-state index >= 15 is 0 Å². The summed E-state index contributed by atoms with van der Waals surface area (Å²) in [7, 11) is 0. The summed E-state index contributed by atoms with van der Waals surface area (Å²) in [5.41, 5.74) is 0.961. The van der Waals surface area contributed by atoms with Gasteiger partial charge in [-0.25, -0.2) is 0 Å². The van der Waals surface area contributed by atoms with Crippen LogP contribution < -0.4 is 0 Å². The summed E-state index contributed by atoms with van der Waals surface area (Å²) in [6, 6.07) is 9.57. The van der Waals surface area contributed by atoms with Crippen molar-refractivity contribution in [1.82, 2.24) is 4.90 Å². The van der Waals surface area contributed by atoms with Gasteiger partial charge in [-0.1, -0.05) is 30.3 Å². The molecule has 4 heteroatoms. The zero-order chi connectivity index (χ0) is 13.7. The number of carboxylic acids is 1. The van der Waals surface area contributed by atoms with Crippen molar-refractivity contribution in [2.75, 3.05) is 13.1 Å². The SMILES string of the molecule is O=C(O)[C@H]1CCCN(C(=O)/C=C/c2ccccc2)C1. The number of rotatable bonds is 3. The molecule has 1 aliphatic heterocycles. The van der Waals surface area contributed by atoms with Gasteiger partial charge in [-0.3, -0.25) is 9.59 Å². The number of likely N-dealkylation sites (tertiary alicyclic amines) is 1. The quantitative estimate of drug-likeness (QED) is 0.845. The zero-order valence-corrected chi connectivity index (χ0v) is 10.7. The van der Waals surface area contributed by atoms with Crippen LogP contribution in [0.1, 0.15) is 18.4 Å². The molecule has 100 valence electrons. The summed E-state index contributed by atoms with van der Waals surface area (Å²) >= 11 is 0. The number of hydrogen-bond donors (Lipinski definition) is 1. The highest BCUT2D eigenvalue weighted by Gasteiger charge is 2.26. The molecule has 1 heterocycles. The van der Waals surface area contributed by atoms with Crippen LogP contribution in [0, 0.1) is 5.92 Å². The van der Waals surface area contributed by atoms with Crippen molar-refractivity contribution in [3.8, 4) is 0 Å². The molecule has 0 radical (unpaired) electrons. The van der Waals surface area contributed by atoms with Gasteiger partial charge in [-0.2, -0.15) is 0 Å². The van der Waals surface area contributed by atoms with E-state index in [1.807, 2.05) is 30.3 Å². The van der Waals surface area contributed by atoms with E-state index in [4.69, 9.17) is 5.11 Å². The predicted octanol–water partition coefficient (Wildman–Crippen LogP) is 2.02. The number of amides is 1. The van der Waals surface area contributed by atoms with Gasteiger partial charge >= 0.3 is 5.97 Å². The second-order valence-corrected chi connectivity index (χ2v) is 4.71. The Balaban J connectivity index is 1.96. The number of hydrogen-bond acceptors (Lipinski definition) is 2. The van der Waals surface area contributed by atoms with Crippen LogP contribution in [0.25, 0.3) is 6.08 Å². The van der Waals surface area contributed by atoms with E-state index in [0.29, 0.717) is 19.5 Å². The molecule has 0 unspecified atom stereocenters. The van der Waals surface area contributed by atoms with E-state index in [9.17, 15) is 9.59 Å². The number of benzene rings is 1. The molecule has 1 N–H and O–H groups in total. The lowest BCUT2D eigenvalue weighted by Gasteiger charge is -2.29. The van der Waals surface area contributed by atoms with Crippen LogP contribution in [0.5, 0.6) is 0 Å². The second kappa shape index (κ2) is 6.18. The molecule has 1 aliphatic rings. The van der Waals surface area contributed by atoms with Gasteiger partial charge in [0.1, 0.15) is 0 Å². The largest absolute Gasteiger partial charge is 0.481 e. The maximum absolute atomic E-state index is 12.0. The van der Waals surface area contributed by atoms with Gasteiger partial charge in [0.05, 0.1) is 5.92 Å². The molecule has 0 aromatic heterocycles. The van der Waals surface area contributed by atoms with E-state index in [1.54, 1.807) is 11.0 Å². The molecule has 1 aromatic rings. The first-order valence-electron chi connectivity index (χ1n) is 6.41. The van der Waals surface area contributed by atoms with Crippen molar-refractivity contribution in [3.05, 3.63) is 42.0 Å². The van der Waals surface area contributed by atoms with Gasteiger partial charge in [0.2, 0.25) is 5.91 Å². The van der Waals surface area contributed by atoms with Gasteiger partial charge < -0.3 is 10.0 Å². The standard InChI is InChI=1S/C15H17NO3/c17-14(9-8-12-5-2-1-3-6-12)16-10-4-7-13(11-16)15(18)19/h1-3,5-6,8-9,13H,4,7,10-11H2,(H,18,19)/b9-8+/t13-/m0/s1. The third-order valence-electron chi connectivity index (χ3n) is 3.30. The van der Waals surface area contributed by atoms with Gasteiger partial charge in [-0.05, 0) is 24.5 Å². The Morgan fingerprint density at radius 1 is 1.26 bits per heavy atom. The Kier molecular flexibility index (Phi) is 4.34. The van der Waals surface area contributed by atoms with Crippen LogP contribution >= 0.6 is 0 Å². The van der Waals surface area contributed by atoms with Crippen LogP contribution in [0.3, 0.4) is 0 Å². The summed E-state index contributed by atoms with van der Waals surface area (Å²) in [5.74, 6) is -1.36. The highest BCUT2D eigenvalue weighted by molar-refractivity contribution is 5.92. The fraction of sp³-hybridized carbons (Fsp3) is 0.333. The summed E-state index contributed by atoms with van der Waals surface area (Å²) in [6.07, 6.45) is 4.68. The van der Waals surface area contributed by atoms with E-state index in [0.717, 1.165) is 12.0 Å². The molecule has 2 rings (SSSR count). The molecule has 0 spiro atoms. The van der Waals surface area contributed by atoms with Crippen molar-refractivity contribution in [2.45, 2.75) is 12.8 Å². The molecular weight excluding hydrogens is 242 g/mol. The molecule has 0 saturated carbocycles. The fourth-order valence-corrected chi connectivity index (χ4v) is 2.22. The third-order valence-corrected chi connectivity index (χ3v) is 3.30. The van der Waals surface area contributed by atoms with E-state index < -0.39 is 11.9 Å². The molecule has 19 heavy (non-hydrogen) atoms. The van der Waals surface area contributed by atoms with Crippen LogP contribution in [0.15, 0.2) is 36.4 Å². The summed E-state index contributed by atoms with van der Waals surface area (Å²) in [4.78, 5) is 24.5. The first-order chi connectivity index (χ1) is 9.16. The van der Waals surface area contributed by atoms with Gasteiger partial charge in [0.25, 0.3) is 0 Å². The molecule has 0 aliphatic carbocycles. The zero-order valence-electron chi connectivity index (χ0n) is 10.7.